The van der Waals surface area contributed by atoms with Crippen LogP contribution in [0.1, 0.15) is 20.3 Å². The fourth-order valence-corrected chi connectivity index (χ4v) is 1.57. The van der Waals surface area contributed by atoms with Crippen LogP contribution in [0.15, 0.2) is 0 Å². The van der Waals surface area contributed by atoms with E-state index >= 15 is 0 Å². The zero-order valence-corrected chi connectivity index (χ0v) is 8.18. The van der Waals surface area contributed by atoms with E-state index in [1.54, 1.807) is 0 Å². The molecule has 0 radical (unpaired) electrons. The molecule has 0 aromatic carbocycles. The fraction of sp³-hybridized carbons (Fsp3) is 1.00. The topological polar surface area (TPSA) is 38.5 Å². The average molecular weight is 172 g/mol. The molecule has 12 heavy (non-hydrogen) atoms. The minimum atomic E-state index is 0.0603. The molecule has 3 nitrogen and oxygen atoms in total. The Kier molecular flexibility index (Phi) is 3.50. The van der Waals surface area contributed by atoms with E-state index in [2.05, 4.69) is 18.7 Å². The van der Waals surface area contributed by atoms with Gasteiger partial charge in [0, 0.05) is 31.8 Å². The number of ether oxygens (including phenoxy) is 1. The fourth-order valence-electron chi connectivity index (χ4n) is 1.57. The minimum Gasteiger partial charge on any atom is -0.380 e. The van der Waals surface area contributed by atoms with Crippen LogP contribution >= 0.6 is 0 Å². The maximum atomic E-state index is 5.86. The van der Waals surface area contributed by atoms with Gasteiger partial charge in [-0.05, 0) is 13.3 Å². The SMILES string of the molecule is CCCOCCN1CC(C)(N)C1. The Labute approximate surface area is 74.9 Å². The van der Waals surface area contributed by atoms with Crippen molar-refractivity contribution in [2.24, 2.45) is 5.73 Å². The van der Waals surface area contributed by atoms with Gasteiger partial charge in [-0.25, -0.2) is 0 Å². The highest BCUT2D eigenvalue weighted by atomic mass is 16.5. The van der Waals surface area contributed by atoms with Crippen molar-refractivity contribution in [2.75, 3.05) is 32.8 Å². The molecule has 0 bridgehead atoms. The molecule has 0 spiro atoms. The molecule has 1 saturated heterocycles. The van der Waals surface area contributed by atoms with E-state index in [4.69, 9.17) is 10.5 Å². The Bertz CT molecular complexity index is 128. The van der Waals surface area contributed by atoms with Crippen LogP contribution in [0.4, 0.5) is 0 Å². The molecule has 0 aliphatic carbocycles. The summed E-state index contributed by atoms with van der Waals surface area (Å²) in [5, 5.41) is 0. The van der Waals surface area contributed by atoms with Crippen molar-refractivity contribution >= 4 is 0 Å². The van der Waals surface area contributed by atoms with Gasteiger partial charge in [-0.1, -0.05) is 6.92 Å². The molecule has 0 atom stereocenters. The first-order chi connectivity index (χ1) is 5.64. The third-order valence-corrected chi connectivity index (χ3v) is 2.07. The average Bonchev–Trinajstić information content (AvgIpc) is 1.94. The highest BCUT2D eigenvalue weighted by Crippen LogP contribution is 2.15. The van der Waals surface area contributed by atoms with E-state index in [9.17, 15) is 0 Å². The van der Waals surface area contributed by atoms with Crippen molar-refractivity contribution in [3.05, 3.63) is 0 Å². The first kappa shape index (κ1) is 9.96. The van der Waals surface area contributed by atoms with Gasteiger partial charge in [-0.3, -0.25) is 4.90 Å². The van der Waals surface area contributed by atoms with Crippen molar-refractivity contribution < 1.29 is 4.74 Å². The molecule has 0 amide bonds. The Morgan fingerprint density at radius 1 is 1.42 bits per heavy atom. The summed E-state index contributed by atoms with van der Waals surface area (Å²) in [6.45, 7) is 9.02. The van der Waals surface area contributed by atoms with E-state index in [-0.39, 0.29) is 5.54 Å². The van der Waals surface area contributed by atoms with Gasteiger partial charge in [-0.2, -0.15) is 0 Å². The van der Waals surface area contributed by atoms with Gasteiger partial charge in [0.25, 0.3) is 0 Å². The predicted octanol–water partition coefficient (Wildman–Crippen LogP) is 0.446. The molecule has 3 heteroatoms. The summed E-state index contributed by atoms with van der Waals surface area (Å²) in [7, 11) is 0. The molecular formula is C9H20N2O. The van der Waals surface area contributed by atoms with E-state index in [1.807, 2.05) is 0 Å². The molecule has 1 fully saturated rings. The van der Waals surface area contributed by atoms with Gasteiger partial charge in [0.1, 0.15) is 0 Å². The number of nitrogens with two attached hydrogens (primary N) is 1. The van der Waals surface area contributed by atoms with Gasteiger partial charge in [0.2, 0.25) is 0 Å². The lowest BCUT2D eigenvalue weighted by molar-refractivity contribution is 0.0399. The molecule has 1 aliphatic rings. The summed E-state index contributed by atoms with van der Waals surface area (Å²) in [5.41, 5.74) is 5.92. The Hall–Kier alpha value is -0.120. The summed E-state index contributed by atoms with van der Waals surface area (Å²) in [5.74, 6) is 0. The van der Waals surface area contributed by atoms with Gasteiger partial charge in [-0.15, -0.1) is 0 Å². The van der Waals surface area contributed by atoms with E-state index in [0.717, 1.165) is 39.3 Å². The molecule has 0 aromatic rings. The quantitative estimate of drug-likeness (QED) is 0.612. The summed E-state index contributed by atoms with van der Waals surface area (Å²) in [4.78, 5) is 2.33. The molecule has 0 aromatic heterocycles. The number of rotatable bonds is 5. The third kappa shape index (κ3) is 3.09. The molecule has 0 saturated carbocycles. The second kappa shape index (κ2) is 4.21. The van der Waals surface area contributed by atoms with Gasteiger partial charge in [0.15, 0.2) is 0 Å². The number of nitrogens with zero attached hydrogens (tertiary/aromatic N) is 1. The van der Waals surface area contributed by atoms with Crippen molar-refractivity contribution in [2.45, 2.75) is 25.8 Å². The molecular weight excluding hydrogens is 152 g/mol. The lowest BCUT2D eigenvalue weighted by Gasteiger charge is -2.45. The largest absolute Gasteiger partial charge is 0.380 e. The third-order valence-electron chi connectivity index (χ3n) is 2.07. The van der Waals surface area contributed by atoms with E-state index in [1.165, 1.54) is 0 Å². The van der Waals surface area contributed by atoms with Crippen molar-refractivity contribution in [3.8, 4) is 0 Å². The summed E-state index contributed by atoms with van der Waals surface area (Å²) >= 11 is 0. The Morgan fingerprint density at radius 3 is 2.58 bits per heavy atom. The minimum absolute atomic E-state index is 0.0603. The van der Waals surface area contributed by atoms with E-state index in [0.29, 0.717) is 0 Å². The molecule has 2 N–H and O–H groups in total. The van der Waals surface area contributed by atoms with Crippen LogP contribution in [-0.2, 0) is 4.74 Å². The number of hydrogen-bond acceptors (Lipinski definition) is 3. The van der Waals surface area contributed by atoms with Gasteiger partial charge in [0.05, 0.1) is 6.61 Å². The van der Waals surface area contributed by atoms with E-state index < -0.39 is 0 Å². The maximum absolute atomic E-state index is 5.86. The Balaban J connectivity index is 1.90. The molecule has 1 heterocycles. The summed E-state index contributed by atoms with van der Waals surface area (Å²) in [6.07, 6.45) is 1.11. The van der Waals surface area contributed by atoms with Crippen LogP contribution in [0, 0.1) is 0 Å². The monoisotopic (exact) mass is 172 g/mol. The van der Waals surface area contributed by atoms with Crippen molar-refractivity contribution in [1.29, 1.82) is 0 Å². The first-order valence-corrected chi connectivity index (χ1v) is 4.73. The lowest BCUT2D eigenvalue weighted by Crippen LogP contribution is -2.65. The van der Waals surface area contributed by atoms with Crippen molar-refractivity contribution in [3.63, 3.8) is 0 Å². The normalized spacial score (nSPS) is 22.2. The molecule has 72 valence electrons. The zero-order valence-electron chi connectivity index (χ0n) is 8.18. The second-order valence-corrected chi connectivity index (χ2v) is 3.98. The second-order valence-electron chi connectivity index (χ2n) is 3.98. The lowest BCUT2D eigenvalue weighted by atomic mass is 9.94. The zero-order chi connectivity index (χ0) is 9.03. The number of hydrogen-bond donors (Lipinski definition) is 1. The van der Waals surface area contributed by atoms with Crippen LogP contribution < -0.4 is 5.73 Å². The molecule has 1 aliphatic heterocycles. The van der Waals surface area contributed by atoms with Crippen LogP contribution in [0.5, 0.6) is 0 Å². The van der Waals surface area contributed by atoms with Crippen LogP contribution in [-0.4, -0.2) is 43.3 Å². The van der Waals surface area contributed by atoms with Crippen molar-refractivity contribution in [1.82, 2.24) is 4.90 Å². The summed E-state index contributed by atoms with van der Waals surface area (Å²) < 4.78 is 5.37. The molecule has 1 rings (SSSR count). The maximum Gasteiger partial charge on any atom is 0.0593 e. The first-order valence-electron chi connectivity index (χ1n) is 4.73. The highest BCUT2D eigenvalue weighted by Gasteiger charge is 2.33. The standard InChI is InChI=1S/C9H20N2O/c1-3-5-12-6-4-11-7-9(2,10)8-11/h3-8,10H2,1-2H3. The highest BCUT2D eigenvalue weighted by molar-refractivity contribution is 4.95. The predicted molar refractivity (Wildman–Crippen MR) is 50.1 cm³/mol. The van der Waals surface area contributed by atoms with Gasteiger partial charge < -0.3 is 10.5 Å². The van der Waals surface area contributed by atoms with Crippen LogP contribution in [0.2, 0.25) is 0 Å². The van der Waals surface area contributed by atoms with Crippen LogP contribution in [0.25, 0.3) is 0 Å². The Morgan fingerprint density at radius 2 is 2.08 bits per heavy atom. The van der Waals surface area contributed by atoms with Gasteiger partial charge >= 0.3 is 0 Å². The smallest absolute Gasteiger partial charge is 0.0593 e. The summed E-state index contributed by atoms with van der Waals surface area (Å²) in [6, 6.07) is 0. The molecule has 0 unspecified atom stereocenters. The van der Waals surface area contributed by atoms with Crippen LogP contribution in [0.3, 0.4) is 0 Å². The number of likely N-dealkylation sites (tertiary alicyclic amines) is 1.